The highest BCUT2D eigenvalue weighted by atomic mass is 79.9. The van der Waals surface area contributed by atoms with Gasteiger partial charge in [-0.05, 0) is 17.7 Å². The van der Waals surface area contributed by atoms with Gasteiger partial charge in [0.15, 0.2) is 0 Å². The standard InChI is InChI=1S/C16H13BrN4/c17-14-8-6-13(7-9-14)15-11-21(16(18)20-15)19-10-12-4-2-1-3-5-12/h1-11H,(H2,18,20). The molecule has 1 heterocycles. The topological polar surface area (TPSA) is 56.2 Å². The normalized spacial score (nSPS) is 11.1. The maximum atomic E-state index is 5.90. The molecule has 4 nitrogen and oxygen atoms in total. The number of hydrogen-bond acceptors (Lipinski definition) is 3. The predicted molar refractivity (Wildman–Crippen MR) is 89.2 cm³/mol. The first-order valence-electron chi connectivity index (χ1n) is 6.42. The summed E-state index contributed by atoms with van der Waals surface area (Å²) in [6.07, 6.45) is 3.57. The summed E-state index contributed by atoms with van der Waals surface area (Å²) in [7, 11) is 0. The quantitative estimate of drug-likeness (QED) is 0.737. The average Bonchev–Trinajstić information content (AvgIpc) is 2.88. The highest BCUT2D eigenvalue weighted by Gasteiger charge is 2.06. The largest absolute Gasteiger partial charge is 0.368 e. The van der Waals surface area contributed by atoms with Gasteiger partial charge in [0.2, 0.25) is 5.95 Å². The van der Waals surface area contributed by atoms with E-state index in [0.717, 1.165) is 21.3 Å². The number of anilines is 1. The van der Waals surface area contributed by atoms with Gasteiger partial charge in [-0.2, -0.15) is 5.10 Å². The minimum absolute atomic E-state index is 0.361. The highest BCUT2D eigenvalue weighted by molar-refractivity contribution is 9.10. The van der Waals surface area contributed by atoms with Crippen LogP contribution in [0.1, 0.15) is 5.56 Å². The number of halogens is 1. The van der Waals surface area contributed by atoms with Gasteiger partial charge in [-0.15, -0.1) is 0 Å². The van der Waals surface area contributed by atoms with Crippen LogP contribution in [0.5, 0.6) is 0 Å². The van der Waals surface area contributed by atoms with Crippen LogP contribution in [0.25, 0.3) is 11.3 Å². The lowest BCUT2D eigenvalue weighted by molar-refractivity contribution is 0.898. The molecule has 0 fully saturated rings. The van der Waals surface area contributed by atoms with Gasteiger partial charge >= 0.3 is 0 Å². The third-order valence-electron chi connectivity index (χ3n) is 2.99. The number of imidazole rings is 1. The van der Waals surface area contributed by atoms with Crippen molar-refractivity contribution >= 4 is 28.1 Å². The molecule has 1 aromatic heterocycles. The molecular formula is C16H13BrN4. The Kier molecular flexibility index (Phi) is 3.83. The summed E-state index contributed by atoms with van der Waals surface area (Å²) in [4.78, 5) is 4.33. The van der Waals surface area contributed by atoms with E-state index >= 15 is 0 Å². The Morgan fingerprint density at radius 3 is 2.48 bits per heavy atom. The molecule has 21 heavy (non-hydrogen) atoms. The van der Waals surface area contributed by atoms with Gasteiger partial charge in [-0.25, -0.2) is 9.66 Å². The Hall–Kier alpha value is -2.40. The highest BCUT2D eigenvalue weighted by Crippen LogP contribution is 2.21. The van der Waals surface area contributed by atoms with Crippen LogP contribution >= 0.6 is 15.9 Å². The molecule has 2 aromatic carbocycles. The second-order valence-electron chi connectivity index (χ2n) is 4.49. The number of nitrogen functional groups attached to an aromatic ring is 1. The van der Waals surface area contributed by atoms with Crippen molar-refractivity contribution in [3.8, 4) is 11.3 Å². The molecule has 0 saturated heterocycles. The van der Waals surface area contributed by atoms with Crippen LogP contribution in [-0.2, 0) is 0 Å². The SMILES string of the molecule is Nc1nc(-c2ccc(Br)cc2)cn1N=Cc1ccccc1. The average molecular weight is 341 g/mol. The van der Waals surface area contributed by atoms with E-state index in [-0.39, 0.29) is 0 Å². The second kappa shape index (κ2) is 5.93. The Morgan fingerprint density at radius 2 is 1.76 bits per heavy atom. The molecule has 0 amide bonds. The van der Waals surface area contributed by atoms with Gasteiger partial charge in [-0.3, -0.25) is 0 Å². The van der Waals surface area contributed by atoms with Gasteiger partial charge in [0.25, 0.3) is 0 Å². The van der Waals surface area contributed by atoms with Crippen molar-refractivity contribution in [3.63, 3.8) is 0 Å². The number of hydrogen-bond donors (Lipinski definition) is 1. The number of nitrogens with two attached hydrogens (primary N) is 1. The summed E-state index contributed by atoms with van der Waals surface area (Å²) in [5, 5.41) is 4.33. The van der Waals surface area contributed by atoms with Crippen molar-refractivity contribution in [1.29, 1.82) is 0 Å². The van der Waals surface area contributed by atoms with E-state index in [1.807, 2.05) is 60.8 Å². The molecule has 0 unspecified atom stereocenters. The Labute approximate surface area is 131 Å². The summed E-state index contributed by atoms with van der Waals surface area (Å²) in [5.41, 5.74) is 8.71. The zero-order chi connectivity index (χ0) is 14.7. The fourth-order valence-corrected chi connectivity index (χ4v) is 2.17. The third kappa shape index (κ3) is 3.20. The molecule has 0 atom stereocenters. The van der Waals surface area contributed by atoms with E-state index in [1.165, 1.54) is 0 Å². The van der Waals surface area contributed by atoms with Crippen molar-refractivity contribution in [2.24, 2.45) is 5.10 Å². The molecule has 3 rings (SSSR count). The summed E-state index contributed by atoms with van der Waals surface area (Å²) < 4.78 is 2.60. The van der Waals surface area contributed by atoms with Gasteiger partial charge < -0.3 is 5.73 Å². The zero-order valence-electron chi connectivity index (χ0n) is 11.1. The van der Waals surface area contributed by atoms with Gasteiger partial charge in [0, 0.05) is 10.0 Å². The van der Waals surface area contributed by atoms with Crippen molar-refractivity contribution in [1.82, 2.24) is 9.66 Å². The Morgan fingerprint density at radius 1 is 1.05 bits per heavy atom. The minimum atomic E-state index is 0.361. The molecule has 0 aliphatic carbocycles. The lowest BCUT2D eigenvalue weighted by Gasteiger charge is -1.96. The first-order chi connectivity index (χ1) is 10.2. The number of nitrogens with zero attached hydrogens (tertiary/aromatic N) is 3. The molecule has 0 saturated carbocycles. The number of benzene rings is 2. The number of aromatic nitrogens is 2. The predicted octanol–water partition coefficient (Wildman–Crippen LogP) is 3.78. The summed E-state index contributed by atoms with van der Waals surface area (Å²) in [6.45, 7) is 0. The molecule has 0 spiro atoms. The van der Waals surface area contributed by atoms with E-state index in [2.05, 4.69) is 26.0 Å². The Balaban J connectivity index is 1.88. The van der Waals surface area contributed by atoms with Gasteiger partial charge in [0.1, 0.15) is 0 Å². The lowest BCUT2D eigenvalue weighted by atomic mass is 10.2. The second-order valence-corrected chi connectivity index (χ2v) is 5.41. The first kappa shape index (κ1) is 13.6. The minimum Gasteiger partial charge on any atom is -0.368 e. The van der Waals surface area contributed by atoms with Crippen LogP contribution in [0.3, 0.4) is 0 Å². The monoisotopic (exact) mass is 340 g/mol. The number of rotatable bonds is 3. The van der Waals surface area contributed by atoms with Crippen molar-refractivity contribution in [3.05, 3.63) is 70.8 Å². The van der Waals surface area contributed by atoms with E-state index in [4.69, 9.17) is 5.73 Å². The van der Waals surface area contributed by atoms with Crippen LogP contribution in [0, 0.1) is 0 Å². The van der Waals surface area contributed by atoms with Crippen molar-refractivity contribution in [2.75, 3.05) is 5.73 Å². The summed E-state index contributed by atoms with van der Waals surface area (Å²) in [5.74, 6) is 0.361. The first-order valence-corrected chi connectivity index (χ1v) is 7.22. The van der Waals surface area contributed by atoms with E-state index in [9.17, 15) is 0 Å². The van der Waals surface area contributed by atoms with Crippen LogP contribution in [0.2, 0.25) is 0 Å². The van der Waals surface area contributed by atoms with E-state index < -0.39 is 0 Å². The van der Waals surface area contributed by atoms with Crippen molar-refractivity contribution < 1.29 is 0 Å². The fraction of sp³-hybridized carbons (Fsp3) is 0. The molecule has 5 heteroatoms. The van der Waals surface area contributed by atoms with Crippen LogP contribution in [0.4, 0.5) is 5.95 Å². The van der Waals surface area contributed by atoms with Crippen LogP contribution < -0.4 is 5.73 Å². The van der Waals surface area contributed by atoms with E-state index in [0.29, 0.717) is 5.95 Å². The van der Waals surface area contributed by atoms with Crippen molar-refractivity contribution in [2.45, 2.75) is 0 Å². The summed E-state index contributed by atoms with van der Waals surface area (Å²) >= 11 is 3.41. The smallest absolute Gasteiger partial charge is 0.221 e. The van der Waals surface area contributed by atoms with E-state index in [1.54, 1.807) is 10.9 Å². The molecule has 0 aliphatic rings. The molecule has 0 radical (unpaired) electrons. The van der Waals surface area contributed by atoms with Gasteiger partial charge in [0.05, 0.1) is 18.1 Å². The van der Waals surface area contributed by atoms with Gasteiger partial charge in [-0.1, -0.05) is 58.4 Å². The molecular weight excluding hydrogens is 328 g/mol. The maximum Gasteiger partial charge on any atom is 0.221 e. The molecule has 0 aliphatic heterocycles. The molecule has 3 aromatic rings. The van der Waals surface area contributed by atoms with Crippen LogP contribution in [-0.4, -0.2) is 15.9 Å². The maximum absolute atomic E-state index is 5.90. The molecule has 2 N–H and O–H groups in total. The third-order valence-corrected chi connectivity index (χ3v) is 3.51. The molecule has 104 valence electrons. The lowest BCUT2D eigenvalue weighted by Crippen LogP contribution is -1.96. The molecule has 0 bridgehead atoms. The Bertz CT molecular complexity index is 761. The van der Waals surface area contributed by atoms with Crippen LogP contribution in [0.15, 0.2) is 70.4 Å². The fourth-order valence-electron chi connectivity index (χ4n) is 1.91. The zero-order valence-corrected chi connectivity index (χ0v) is 12.7. The summed E-state index contributed by atoms with van der Waals surface area (Å²) in [6, 6.07) is 17.8.